The maximum absolute atomic E-state index is 12.1. The molecule has 8 heteroatoms. The first kappa shape index (κ1) is 16.4. The highest BCUT2D eigenvalue weighted by Crippen LogP contribution is 2.17. The van der Waals surface area contributed by atoms with Gasteiger partial charge in [-0.3, -0.25) is 4.79 Å². The molecular weight excluding hydrogens is 308 g/mol. The van der Waals surface area contributed by atoms with Crippen LogP contribution in [-0.2, 0) is 19.4 Å². The molecular formula is C14H18N2O5S. The lowest BCUT2D eigenvalue weighted by Crippen LogP contribution is -2.43. The number of aromatic nitrogens is 1. The predicted molar refractivity (Wildman–Crippen MR) is 79.0 cm³/mol. The van der Waals surface area contributed by atoms with Crippen LogP contribution in [-0.4, -0.2) is 60.9 Å². The number of sulfone groups is 1. The van der Waals surface area contributed by atoms with Gasteiger partial charge in [-0.25, -0.2) is 18.2 Å². The van der Waals surface area contributed by atoms with Crippen molar-refractivity contribution >= 4 is 21.7 Å². The molecule has 2 rings (SSSR count). The van der Waals surface area contributed by atoms with Crippen molar-refractivity contribution in [3.8, 4) is 0 Å². The van der Waals surface area contributed by atoms with E-state index < -0.39 is 28.3 Å². The SMILES string of the molecule is CCN(C(=O)COC(=O)c1ccccn1)[C@H]1CCS(=O)(=O)C1. The average molecular weight is 326 g/mol. The summed E-state index contributed by atoms with van der Waals surface area (Å²) in [6.45, 7) is 1.73. The maximum atomic E-state index is 12.1. The van der Waals surface area contributed by atoms with Crippen LogP contribution in [0.1, 0.15) is 23.8 Å². The fourth-order valence-electron chi connectivity index (χ4n) is 2.43. The third-order valence-electron chi connectivity index (χ3n) is 3.51. The Labute approximate surface area is 129 Å². The minimum Gasteiger partial charge on any atom is -0.451 e. The summed E-state index contributed by atoms with van der Waals surface area (Å²) in [7, 11) is -3.07. The Morgan fingerprint density at radius 2 is 2.18 bits per heavy atom. The lowest BCUT2D eigenvalue weighted by atomic mass is 10.2. The van der Waals surface area contributed by atoms with Crippen molar-refractivity contribution in [1.29, 1.82) is 0 Å². The van der Waals surface area contributed by atoms with Crippen molar-refractivity contribution in [3.63, 3.8) is 0 Å². The molecule has 0 radical (unpaired) electrons. The summed E-state index contributed by atoms with van der Waals surface area (Å²) in [5, 5.41) is 0. The van der Waals surface area contributed by atoms with Gasteiger partial charge in [0.1, 0.15) is 5.69 Å². The Kier molecular flexibility index (Phi) is 5.12. The van der Waals surface area contributed by atoms with Crippen LogP contribution in [0, 0.1) is 0 Å². The van der Waals surface area contributed by atoms with Gasteiger partial charge in [-0.05, 0) is 25.5 Å². The van der Waals surface area contributed by atoms with Gasteiger partial charge in [0.05, 0.1) is 11.5 Å². The lowest BCUT2D eigenvalue weighted by molar-refractivity contribution is -0.136. The number of nitrogens with zero attached hydrogens (tertiary/aromatic N) is 2. The highest BCUT2D eigenvalue weighted by atomic mass is 32.2. The molecule has 1 saturated heterocycles. The second-order valence-corrected chi connectivity index (χ2v) is 7.26. The molecule has 0 aliphatic carbocycles. The molecule has 1 aliphatic heterocycles. The van der Waals surface area contributed by atoms with E-state index in [9.17, 15) is 18.0 Å². The maximum Gasteiger partial charge on any atom is 0.357 e. The fourth-order valence-corrected chi connectivity index (χ4v) is 4.16. The van der Waals surface area contributed by atoms with Gasteiger partial charge in [-0.1, -0.05) is 6.07 Å². The molecule has 0 aromatic carbocycles. The fraction of sp³-hybridized carbons (Fsp3) is 0.500. The van der Waals surface area contributed by atoms with Gasteiger partial charge >= 0.3 is 5.97 Å². The first-order chi connectivity index (χ1) is 10.4. The van der Waals surface area contributed by atoms with Crippen LogP contribution in [0.5, 0.6) is 0 Å². The van der Waals surface area contributed by atoms with Gasteiger partial charge in [-0.2, -0.15) is 0 Å². The van der Waals surface area contributed by atoms with Crippen molar-refractivity contribution < 1.29 is 22.7 Å². The lowest BCUT2D eigenvalue weighted by Gasteiger charge is -2.26. The molecule has 1 aromatic rings. The van der Waals surface area contributed by atoms with Crippen LogP contribution in [0.25, 0.3) is 0 Å². The van der Waals surface area contributed by atoms with Crippen LogP contribution in [0.15, 0.2) is 24.4 Å². The van der Waals surface area contributed by atoms with Gasteiger partial charge in [0.2, 0.25) is 0 Å². The topological polar surface area (TPSA) is 93.6 Å². The van der Waals surface area contributed by atoms with E-state index in [0.717, 1.165) is 0 Å². The van der Waals surface area contributed by atoms with E-state index >= 15 is 0 Å². The quantitative estimate of drug-likeness (QED) is 0.721. The first-order valence-corrected chi connectivity index (χ1v) is 8.83. The van der Waals surface area contributed by atoms with Crippen molar-refractivity contribution in [1.82, 2.24) is 9.88 Å². The average Bonchev–Trinajstić information content (AvgIpc) is 2.86. The van der Waals surface area contributed by atoms with Gasteiger partial charge in [-0.15, -0.1) is 0 Å². The number of ether oxygens (including phenoxy) is 1. The number of hydrogen-bond donors (Lipinski definition) is 0. The molecule has 0 saturated carbocycles. The largest absolute Gasteiger partial charge is 0.451 e. The number of amides is 1. The summed E-state index contributed by atoms with van der Waals surface area (Å²) in [4.78, 5) is 29.2. The smallest absolute Gasteiger partial charge is 0.357 e. The van der Waals surface area contributed by atoms with Gasteiger partial charge in [0, 0.05) is 18.8 Å². The summed E-state index contributed by atoms with van der Waals surface area (Å²) in [6.07, 6.45) is 1.89. The molecule has 1 fully saturated rings. The predicted octanol–water partition coefficient (Wildman–Crippen LogP) is 0.274. The molecule has 7 nitrogen and oxygen atoms in total. The highest BCUT2D eigenvalue weighted by Gasteiger charge is 2.34. The molecule has 2 heterocycles. The first-order valence-electron chi connectivity index (χ1n) is 7.01. The van der Waals surface area contributed by atoms with Crippen LogP contribution >= 0.6 is 0 Å². The molecule has 0 spiro atoms. The van der Waals surface area contributed by atoms with Crippen LogP contribution in [0.2, 0.25) is 0 Å². The third kappa shape index (κ3) is 4.03. The number of carbonyl (C=O) groups excluding carboxylic acids is 2. The molecule has 1 aliphatic rings. The zero-order valence-electron chi connectivity index (χ0n) is 12.3. The van der Waals surface area contributed by atoms with E-state index in [4.69, 9.17) is 4.74 Å². The Balaban J connectivity index is 1.92. The number of rotatable bonds is 5. The summed E-state index contributed by atoms with van der Waals surface area (Å²) in [5.41, 5.74) is 0.127. The molecule has 120 valence electrons. The second-order valence-electron chi connectivity index (χ2n) is 5.03. The second kappa shape index (κ2) is 6.87. The van der Waals surface area contributed by atoms with Crippen LogP contribution in [0.3, 0.4) is 0 Å². The summed E-state index contributed by atoms with van der Waals surface area (Å²) in [5.74, 6) is -1.01. The number of pyridine rings is 1. The molecule has 0 unspecified atom stereocenters. The van der Waals surface area contributed by atoms with Crippen molar-refractivity contribution in [2.75, 3.05) is 24.7 Å². The van der Waals surface area contributed by atoms with E-state index in [0.29, 0.717) is 13.0 Å². The Hall–Kier alpha value is -1.96. The van der Waals surface area contributed by atoms with E-state index in [1.165, 1.54) is 17.2 Å². The zero-order valence-corrected chi connectivity index (χ0v) is 13.1. The Bertz CT molecular complexity index is 644. The summed E-state index contributed by atoms with van der Waals surface area (Å²) >= 11 is 0. The Morgan fingerprint density at radius 3 is 2.73 bits per heavy atom. The van der Waals surface area contributed by atoms with Crippen molar-refractivity contribution in [2.24, 2.45) is 0 Å². The minimum absolute atomic E-state index is 0.0270. The minimum atomic E-state index is -3.07. The Morgan fingerprint density at radius 1 is 1.41 bits per heavy atom. The van der Waals surface area contributed by atoms with E-state index in [1.807, 2.05) is 0 Å². The van der Waals surface area contributed by atoms with Gasteiger partial charge in [0.25, 0.3) is 5.91 Å². The number of hydrogen-bond acceptors (Lipinski definition) is 6. The molecule has 0 N–H and O–H groups in total. The van der Waals surface area contributed by atoms with E-state index in [2.05, 4.69) is 4.98 Å². The zero-order chi connectivity index (χ0) is 16.2. The third-order valence-corrected chi connectivity index (χ3v) is 5.26. The molecule has 1 aromatic heterocycles. The van der Waals surface area contributed by atoms with Crippen molar-refractivity contribution in [2.45, 2.75) is 19.4 Å². The van der Waals surface area contributed by atoms with Crippen LogP contribution < -0.4 is 0 Å². The summed E-state index contributed by atoms with van der Waals surface area (Å²) < 4.78 is 27.9. The molecule has 0 bridgehead atoms. The molecule has 22 heavy (non-hydrogen) atoms. The van der Waals surface area contributed by atoms with E-state index in [-0.39, 0.29) is 23.2 Å². The monoisotopic (exact) mass is 326 g/mol. The van der Waals surface area contributed by atoms with Gasteiger partial charge < -0.3 is 9.64 Å². The number of likely N-dealkylation sites (N-methyl/N-ethyl adjacent to an activating group) is 1. The van der Waals surface area contributed by atoms with Crippen LogP contribution in [0.4, 0.5) is 0 Å². The number of esters is 1. The molecule has 1 atom stereocenters. The highest BCUT2D eigenvalue weighted by molar-refractivity contribution is 7.91. The number of carbonyl (C=O) groups is 2. The molecule has 1 amide bonds. The van der Waals surface area contributed by atoms with E-state index in [1.54, 1.807) is 19.1 Å². The standard InChI is InChI=1S/C14H18N2O5S/c1-2-16(11-6-8-22(19,20)10-11)13(17)9-21-14(18)12-5-3-4-7-15-12/h3-5,7,11H,2,6,8-10H2,1H3/t11-/m0/s1. The van der Waals surface area contributed by atoms with Crippen molar-refractivity contribution in [3.05, 3.63) is 30.1 Å². The normalized spacial score (nSPS) is 19.6. The summed E-state index contributed by atoms with van der Waals surface area (Å²) in [6, 6.07) is 4.47. The van der Waals surface area contributed by atoms with Gasteiger partial charge in [0.15, 0.2) is 16.4 Å².